The molecule has 180 valence electrons. The highest BCUT2D eigenvalue weighted by Gasteiger charge is 2.54. The van der Waals surface area contributed by atoms with Gasteiger partial charge in [-0.3, -0.25) is 14.4 Å². The fourth-order valence-electron chi connectivity index (χ4n) is 5.44. The molecule has 0 saturated carbocycles. The highest BCUT2D eigenvalue weighted by Crippen LogP contribution is 2.46. The van der Waals surface area contributed by atoms with Crippen molar-refractivity contribution in [2.24, 2.45) is 5.41 Å². The number of fused-ring (bicyclic) bond motifs is 2. The summed E-state index contributed by atoms with van der Waals surface area (Å²) in [5.41, 5.74) is 2.07. The van der Waals surface area contributed by atoms with Crippen LogP contribution in [0.2, 0.25) is 0 Å². The van der Waals surface area contributed by atoms with E-state index >= 15 is 0 Å². The molecule has 33 heavy (non-hydrogen) atoms. The SMILES string of the molecule is CNCC(=O)N[C@H]1CCS[C@H]2CC(C)(C)[C@@H](C(=O)N[C@@H]3CCCc4cc(Br)ccc43)N2C1=O. The number of carbonyl (C=O) groups excluding carboxylic acids is 3. The van der Waals surface area contributed by atoms with E-state index in [4.69, 9.17) is 0 Å². The molecule has 0 unspecified atom stereocenters. The number of hydrogen-bond acceptors (Lipinski definition) is 5. The van der Waals surface area contributed by atoms with Crippen molar-refractivity contribution in [3.05, 3.63) is 33.8 Å². The minimum atomic E-state index is -0.597. The number of benzene rings is 1. The number of aryl methyl sites for hydroxylation is 1. The first-order valence-corrected chi connectivity index (χ1v) is 13.5. The van der Waals surface area contributed by atoms with Crippen LogP contribution in [0.15, 0.2) is 22.7 Å². The third kappa shape index (κ3) is 5.10. The zero-order valence-corrected chi connectivity index (χ0v) is 21.9. The van der Waals surface area contributed by atoms with Crippen LogP contribution in [0.3, 0.4) is 0 Å². The van der Waals surface area contributed by atoms with Gasteiger partial charge in [-0.2, -0.15) is 0 Å². The Morgan fingerprint density at radius 3 is 2.76 bits per heavy atom. The summed E-state index contributed by atoms with van der Waals surface area (Å²) in [6.45, 7) is 4.30. The summed E-state index contributed by atoms with van der Waals surface area (Å²) in [5.74, 6) is 0.323. The smallest absolute Gasteiger partial charge is 0.246 e. The summed E-state index contributed by atoms with van der Waals surface area (Å²) < 4.78 is 1.05. The maximum Gasteiger partial charge on any atom is 0.246 e. The Bertz CT molecular complexity index is 940. The lowest BCUT2D eigenvalue weighted by Crippen LogP contribution is -2.57. The second-order valence-electron chi connectivity index (χ2n) is 9.90. The predicted molar refractivity (Wildman–Crippen MR) is 134 cm³/mol. The lowest BCUT2D eigenvalue weighted by atomic mass is 9.83. The summed E-state index contributed by atoms with van der Waals surface area (Å²) in [5, 5.41) is 8.92. The molecule has 2 saturated heterocycles. The van der Waals surface area contributed by atoms with E-state index in [1.165, 1.54) is 11.1 Å². The number of likely N-dealkylation sites (N-methyl/N-ethyl adjacent to an activating group) is 1. The van der Waals surface area contributed by atoms with E-state index in [0.717, 1.165) is 35.9 Å². The van der Waals surface area contributed by atoms with E-state index in [0.29, 0.717) is 6.42 Å². The van der Waals surface area contributed by atoms with Crippen molar-refractivity contribution in [1.29, 1.82) is 0 Å². The van der Waals surface area contributed by atoms with Crippen LogP contribution >= 0.6 is 27.7 Å². The number of thioether (sulfide) groups is 1. The fraction of sp³-hybridized carbons (Fsp3) is 0.625. The topological polar surface area (TPSA) is 90.5 Å². The van der Waals surface area contributed by atoms with Gasteiger partial charge >= 0.3 is 0 Å². The summed E-state index contributed by atoms with van der Waals surface area (Å²) >= 11 is 5.26. The predicted octanol–water partition coefficient (Wildman–Crippen LogP) is 2.74. The molecule has 3 amide bonds. The summed E-state index contributed by atoms with van der Waals surface area (Å²) in [6.07, 6.45) is 4.25. The number of hydrogen-bond donors (Lipinski definition) is 3. The molecule has 4 rings (SSSR count). The Labute approximate surface area is 208 Å². The number of nitrogens with zero attached hydrogens (tertiary/aromatic N) is 1. The number of amides is 3. The molecule has 9 heteroatoms. The molecule has 2 fully saturated rings. The zero-order chi connectivity index (χ0) is 23.8. The Morgan fingerprint density at radius 1 is 1.21 bits per heavy atom. The van der Waals surface area contributed by atoms with E-state index in [9.17, 15) is 14.4 Å². The molecular formula is C24H33BrN4O3S. The van der Waals surface area contributed by atoms with Gasteiger partial charge in [0.1, 0.15) is 12.1 Å². The summed E-state index contributed by atoms with van der Waals surface area (Å²) in [6, 6.07) is 5.03. The molecule has 1 aromatic carbocycles. The van der Waals surface area contributed by atoms with Crippen molar-refractivity contribution in [2.75, 3.05) is 19.3 Å². The monoisotopic (exact) mass is 536 g/mol. The molecule has 4 atom stereocenters. The van der Waals surface area contributed by atoms with Crippen LogP contribution in [-0.2, 0) is 20.8 Å². The molecule has 2 heterocycles. The highest BCUT2D eigenvalue weighted by molar-refractivity contribution is 9.10. The van der Waals surface area contributed by atoms with Gasteiger partial charge in [-0.15, -0.1) is 11.8 Å². The maximum atomic E-state index is 13.7. The van der Waals surface area contributed by atoms with Gasteiger partial charge in [0.05, 0.1) is 18.0 Å². The third-order valence-electron chi connectivity index (χ3n) is 6.96. The van der Waals surface area contributed by atoms with E-state index in [-0.39, 0.29) is 41.1 Å². The van der Waals surface area contributed by atoms with Gasteiger partial charge in [-0.1, -0.05) is 35.8 Å². The van der Waals surface area contributed by atoms with E-state index < -0.39 is 12.1 Å². The van der Waals surface area contributed by atoms with Crippen molar-refractivity contribution in [3.63, 3.8) is 0 Å². The largest absolute Gasteiger partial charge is 0.347 e. The molecule has 3 N–H and O–H groups in total. The lowest BCUT2D eigenvalue weighted by Gasteiger charge is -2.36. The molecule has 2 aliphatic heterocycles. The average Bonchev–Trinajstić information content (AvgIpc) is 2.94. The summed E-state index contributed by atoms with van der Waals surface area (Å²) in [4.78, 5) is 41.3. The molecule has 0 aromatic heterocycles. The Hall–Kier alpha value is -1.58. The van der Waals surface area contributed by atoms with Gasteiger partial charge in [0.2, 0.25) is 17.7 Å². The lowest BCUT2D eigenvalue weighted by molar-refractivity contribution is -0.143. The van der Waals surface area contributed by atoms with Crippen molar-refractivity contribution in [3.8, 4) is 0 Å². The number of halogens is 1. The van der Waals surface area contributed by atoms with Crippen molar-refractivity contribution < 1.29 is 14.4 Å². The van der Waals surface area contributed by atoms with Crippen LogP contribution in [0.25, 0.3) is 0 Å². The summed E-state index contributed by atoms with van der Waals surface area (Å²) in [7, 11) is 1.70. The van der Waals surface area contributed by atoms with Crippen LogP contribution in [0.4, 0.5) is 0 Å². The molecular weight excluding hydrogens is 504 g/mol. The van der Waals surface area contributed by atoms with E-state index in [2.05, 4.69) is 57.9 Å². The van der Waals surface area contributed by atoms with Gasteiger partial charge < -0.3 is 20.9 Å². The zero-order valence-electron chi connectivity index (χ0n) is 19.4. The molecule has 3 aliphatic rings. The average molecular weight is 538 g/mol. The standard InChI is InChI=1S/C24H33BrN4O3S/c1-24(2)12-20-29(23(32)18(9-10-33-20)27-19(30)13-26-3)21(24)22(31)28-17-6-4-5-14-11-15(25)7-8-16(14)17/h7-8,11,17-18,20-21,26H,4-6,9-10,12-13H2,1-3H3,(H,27,30)(H,28,31)/t17-,18+,20+,21-/m1/s1. The maximum absolute atomic E-state index is 13.7. The van der Waals surface area contributed by atoms with Crippen LogP contribution in [-0.4, -0.2) is 59.4 Å². The van der Waals surface area contributed by atoms with Gasteiger partial charge in [-0.25, -0.2) is 0 Å². The molecule has 0 bridgehead atoms. The molecule has 0 radical (unpaired) electrons. The Kier molecular flexibility index (Phi) is 7.41. The third-order valence-corrected chi connectivity index (χ3v) is 8.70. The van der Waals surface area contributed by atoms with Gasteiger partial charge in [0.15, 0.2) is 0 Å². The van der Waals surface area contributed by atoms with Gasteiger partial charge in [-0.05, 0) is 73.6 Å². The molecule has 7 nitrogen and oxygen atoms in total. The first kappa shape index (κ1) is 24.5. The van der Waals surface area contributed by atoms with Crippen molar-refractivity contribution >= 4 is 45.4 Å². The quantitative estimate of drug-likeness (QED) is 0.538. The number of nitrogens with one attached hydrogen (secondary N) is 3. The minimum Gasteiger partial charge on any atom is -0.347 e. The van der Waals surface area contributed by atoms with E-state index in [1.807, 2.05) is 6.07 Å². The molecule has 0 spiro atoms. The Morgan fingerprint density at radius 2 is 2.00 bits per heavy atom. The van der Waals surface area contributed by atoms with E-state index in [1.54, 1.807) is 23.7 Å². The first-order valence-electron chi connectivity index (χ1n) is 11.7. The van der Waals surface area contributed by atoms with Crippen LogP contribution in [0.5, 0.6) is 0 Å². The Balaban J connectivity index is 1.56. The number of rotatable bonds is 5. The second kappa shape index (κ2) is 9.96. The normalized spacial score (nSPS) is 28.5. The molecule has 1 aliphatic carbocycles. The minimum absolute atomic E-state index is 0.0509. The highest BCUT2D eigenvalue weighted by atomic mass is 79.9. The fourth-order valence-corrected chi connectivity index (χ4v) is 7.43. The van der Waals surface area contributed by atoms with Crippen LogP contribution < -0.4 is 16.0 Å². The van der Waals surface area contributed by atoms with Gasteiger partial charge in [0, 0.05) is 4.47 Å². The number of carbonyl (C=O) groups is 3. The van der Waals surface area contributed by atoms with Crippen molar-refractivity contribution in [1.82, 2.24) is 20.9 Å². The first-order chi connectivity index (χ1) is 15.7. The second-order valence-corrected chi connectivity index (χ2v) is 12.1. The van der Waals surface area contributed by atoms with Crippen LogP contribution in [0, 0.1) is 5.41 Å². The molecule has 1 aromatic rings. The van der Waals surface area contributed by atoms with Crippen LogP contribution in [0.1, 0.15) is 56.7 Å². The van der Waals surface area contributed by atoms with Crippen molar-refractivity contribution in [2.45, 2.75) is 69.5 Å². The van der Waals surface area contributed by atoms with Gasteiger partial charge in [0.25, 0.3) is 0 Å².